The van der Waals surface area contributed by atoms with Crippen molar-refractivity contribution in [3.8, 4) is 11.3 Å². The number of thioether (sulfide) groups is 1. The van der Waals surface area contributed by atoms with Crippen LogP contribution >= 0.6 is 23.4 Å². The second kappa shape index (κ2) is 5.20. The van der Waals surface area contributed by atoms with Crippen LogP contribution in [0, 0.1) is 0 Å². The number of aromatic nitrogens is 1. The number of nitrogens with zero attached hydrogens (tertiary/aromatic N) is 1. The van der Waals surface area contributed by atoms with Crippen molar-refractivity contribution in [3.05, 3.63) is 47.6 Å². The van der Waals surface area contributed by atoms with Crippen molar-refractivity contribution in [3.63, 3.8) is 0 Å². The number of benzene rings is 1. The quantitative estimate of drug-likeness (QED) is 0.721. The van der Waals surface area contributed by atoms with Gasteiger partial charge in [-0.15, -0.1) is 0 Å². The highest BCUT2D eigenvalue weighted by Crippen LogP contribution is 2.42. The molecule has 0 atom stereocenters. The molecule has 6 heteroatoms. The number of alkyl halides is 3. The molecule has 0 unspecified atom stereocenters. The third-order valence-corrected chi connectivity index (χ3v) is 3.13. The van der Waals surface area contributed by atoms with Crippen LogP contribution in [0.1, 0.15) is 0 Å². The van der Waals surface area contributed by atoms with Gasteiger partial charge in [-0.1, -0.05) is 23.7 Å². The summed E-state index contributed by atoms with van der Waals surface area (Å²) < 4.78 is 37.4. The van der Waals surface area contributed by atoms with E-state index in [1.54, 1.807) is 30.3 Å². The molecule has 0 radical (unpaired) electrons. The highest BCUT2D eigenvalue weighted by Gasteiger charge is 2.30. The molecule has 0 amide bonds. The van der Waals surface area contributed by atoms with Crippen molar-refractivity contribution >= 4 is 23.4 Å². The maximum atomic E-state index is 12.5. The third-order valence-electron chi connectivity index (χ3n) is 2.11. The first-order valence-electron chi connectivity index (χ1n) is 4.92. The van der Waals surface area contributed by atoms with Crippen LogP contribution in [-0.4, -0.2) is 10.5 Å². The molecule has 94 valence electrons. The van der Waals surface area contributed by atoms with Crippen LogP contribution in [0.25, 0.3) is 11.3 Å². The smallest absolute Gasteiger partial charge is 0.256 e. The van der Waals surface area contributed by atoms with E-state index in [4.69, 9.17) is 11.6 Å². The van der Waals surface area contributed by atoms with E-state index in [-0.39, 0.29) is 21.7 Å². The van der Waals surface area contributed by atoms with Gasteiger partial charge in [0.2, 0.25) is 0 Å². The van der Waals surface area contributed by atoms with Crippen molar-refractivity contribution in [2.75, 3.05) is 0 Å². The molecule has 0 bridgehead atoms. The van der Waals surface area contributed by atoms with E-state index in [2.05, 4.69) is 4.98 Å². The van der Waals surface area contributed by atoms with E-state index < -0.39 is 5.51 Å². The Morgan fingerprint density at radius 1 is 1.11 bits per heavy atom. The minimum atomic E-state index is -4.35. The van der Waals surface area contributed by atoms with Gasteiger partial charge in [-0.2, -0.15) is 13.2 Å². The van der Waals surface area contributed by atoms with Gasteiger partial charge in [0.25, 0.3) is 0 Å². The summed E-state index contributed by atoms with van der Waals surface area (Å²) in [5.74, 6) is 0. The highest BCUT2D eigenvalue weighted by atomic mass is 35.5. The Hall–Kier alpha value is -1.20. The van der Waals surface area contributed by atoms with Crippen molar-refractivity contribution in [2.45, 2.75) is 10.4 Å². The van der Waals surface area contributed by atoms with E-state index in [1.807, 2.05) is 0 Å². The van der Waals surface area contributed by atoms with E-state index >= 15 is 0 Å². The molecule has 1 aromatic heterocycles. The molecule has 0 N–H and O–H groups in total. The van der Waals surface area contributed by atoms with Gasteiger partial charge in [0, 0.05) is 21.7 Å². The normalized spacial score (nSPS) is 11.6. The number of rotatable bonds is 2. The molecular weight excluding hydrogens is 283 g/mol. The molecule has 0 saturated carbocycles. The minimum absolute atomic E-state index is 0.0497. The Bertz CT molecular complexity index is 543. The van der Waals surface area contributed by atoms with E-state index in [1.165, 1.54) is 12.3 Å². The summed E-state index contributed by atoms with van der Waals surface area (Å²) in [5, 5.41) is 0.265. The largest absolute Gasteiger partial charge is 0.446 e. The molecule has 2 rings (SSSR count). The number of halogens is 4. The number of hydrogen-bond donors (Lipinski definition) is 0. The van der Waals surface area contributed by atoms with Gasteiger partial charge in [0.15, 0.2) is 0 Å². The van der Waals surface area contributed by atoms with Crippen LogP contribution in [0.3, 0.4) is 0 Å². The lowest BCUT2D eigenvalue weighted by Gasteiger charge is -2.11. The van der Waals surface area contributed by atoms with Gasteiger partial charge < -0.3 is 0 Å². The fraction of sp³-hybridized carbons (Fsp3) is 0.0833. The molecular formula is C12H7ClF3NS. The lowest BCUT2D eigenvalue weighted by Crippen LogP contribution is -2.00. The van der Waals surface area contributed by atoms with Crippen LogP contribution in [0.2, 0.25) is 5.02 Å². The lowest BCUT2D eigenvalue weighted by molar-refractivity contribution is -0.0327. The molecule has 18 heavy (non-hydrogen) atoms. The first-order chi connectivity index (χ1) is 8.46. The molecule has 1 aromatic carbocycles. The zero-order chi connectivity index (χ0) is 13.2. The zero-order valence-electron chi connectivity index (χ0n) is 8.91. The van der Waals surface area contributed by atoms with Crippen molar-refractivity contribution in [1.82, 2.24) is 4.98 Å². The molecule has 0 aliphatic carbocycles. The lowest BCUT2D eigenvalue weighted by atomic mass is 10.1. The van der Waals surface area contributed by atoms with Crippen LogP contribution in [0.5, 0.6) is 0 Å². The Labute approximate surface area is 111 Å². The SMILES string of the molecule is FC(F)(F)Sc1cc(Cl)ccc1-c1ccccn1. The van der Waals surface area contributed by atoms with Crippen molar-refractivity contribution in [2.24, 2.45) is 0 Å². The van der Waals surface area contributed by atoms with Crippen LogP contribution in [0.4, 0.5) is 13.2 Å². The summed E-state index contributed by atoms with van der Waals surface area (Å²) in [4.78, 5) is 4.10. The molecule has 0 spiro atoms. The average molecular weight is 290 g/mol. The summed E-state index contributed by atoms with van der Waals surface area (Å²) in [6.45, 7) is 0. The van der Waals surface area contributed by atoms with Crippen molar-refractivity contribution < 1.29 is 13.2 Å². The maximum absolute atomic E-state index is 12.5. The average Bonchev–Trinajstić information content (AvgIpc) is 2.28. The predicted molar refractivity (Wildman–Crippen MR) is 66.6 cm³/mol. The van der Waals surface area contributed by atoms with Crippen LogP contribution in [0.15, 0.2) is 47.5 Å². The van der Waals surface area contributed by atoms with Gasteiger partial charge in [-0.05, 0) is 36.0 Å². The standard InChI is InChI=1S/C12H7ClF3NS/c13-8-4-5-9(10-3-1-2-6-17-10)11(7-8)18-12(14,15)16/h1-7H. The fourth-order valence-electron chi connectivity index (χ4n) is 1.44. The van der Waals surface area contributed by atoms with Gasteiger partial charge in [-0.3, -0.25) is 4.98 Å². The van der Waals surface area contributed by atoms with Crippen LogP contribution < -0.4 is 0 Å². The van der Waals surface area contributed by atoms with E-state index in [9.17, 15) is 13.2 Å². The Morgan fingerprint density at radius 3 is 2.50 bits per heavy atom. The minimum Gasteiger partial charge on any atom is -0.256 e. The fourth-order valence-corrected chi connectivity index (χ4v) is 2.39. The molecule has 0 fully saturated rings. The Balaban J connectivity index is 2.47. The highest BCUT2D eigenvalue weighted by molar-refractivity contribution is 8.00. The maximum Gasteiger partial charge on any atom is 0.446 e. The first kappa shape index (κ1) is 13.2. The molecule has 0 aliphatic heterocycles. The number of hydrogen-bond acceptors (Lipinski definition) is 2. The molecule has 0 saturated heterocycles. The predicted octanol–water partition coefficient (Wildman–Crippen LogP) is 5.01. The Morgan fingerprint density at radius 2 is 1.89 bits per heavy atom. The topological polar surface area (TPSA) is 12.9 Å². The monoisotopic (exact) mass is 289 g/mol. The first-order valence-corrected chi connectivity index (χ1v) is 6.12. The van der Waals surface area contributed by atoms with Gasteiger partial charge in [0.1, 0.15) is 0 Å². The molecule has 1 heterocycles. The summed E-state index contributed by atoms with van der Waals surface area (Å²) >= 11 is 5.54. The Kier molecular flexibility index (Phi) is 3.82. The second-order valence-electron chi connectivity index (χ2n) is 3.40. The zero-order valence-corrected chi connectivity index (χ0v) is 10.5. The third kappa shape index (κ3) is 3.40. The van der Waals surface area contributed by atoms with Crippen LogP contribution in [-0.2, 0) is 0 Å². The van der Waals surface area contributed by atoms with E-state index in [0.717, 1.165) is 0 Å². The summed E-state index contributed by atoms with van der Waals surface area (Å²) in [6.07, 6.45) is 1.53. The van der Waals surface area contributed by atoms with Crippen molar-refractivity contribution in [1.29, 1.82) is 0 Å². The molecule has 0 aliphatic rings. The summed E-state index contributed by atoms with van der Waals surface area (Å²) in [5.41, 5.74) is -3.45. The van der Waals surface area contributed by atoms with Gasteiger partial charge in [-0.25, -0.2) is 0 Å². The summed E-state index contributed by atoms with van der Waals surface area (Å²) in [7, 11) is 0. The van der Waals surface area contributed by atoms with Gasteiger partial charge >= 0.3 is 5.51 Å². The molecule has 1 nitrogen and oxygen atoms in total. The van der Waals surface area contributed by atoms with Gasteiger partial charge in [0.05, 0.1) is 5.69 Å². The second-order valence-corrected chi connectivity index (χ2v) is 4.95. The van der Waals surface area contributed by atoms with E-state index in [0.29, 0.717) is 11.3 Å². The summed E-state index contributed by atoms with van der Waals surface area (Å²) in [6, 6.07) is 9.47. The number of pyridine rings is 1. The molecule has 2 aromatic rings.